The summed E-state index contributed by atoms with van der Waals surface area (Å²) in [6.45, 7) is 2.74. The molecule has 1 aliphatic carbocycles. The first-order chi connectivity index (χ1) is 26.3. The van der Waals surface area contributed by atoms with E-state index in [1.807, 2.05) is 6.92 Å². The molecule has 9 nitrogen and oxygen atoms in total. The first kappa shape index (κ1) is 42.4. The number of nitrogens with zero attached hydrogens (tertiary/aromatic N) is 3. The molecule has 2 fully saturated rings. The number of hydrogen-bond donors (Lipinski definition) is 2. The summed E-state index contributed by atoms with van der Waals surface area (Å²) < 4.78 is 123. The second-order valence-corrected chi connectivity index (χ2v) is 14.1. The van der Waals surface area contributed by atoms with Gasteiger partial charge < -0.3 is 14.6 Å². The molecule has 302 valence electrons. The standard InChI is InChI=1S/C39H40F8N4O5/c1-21(12-16-55-3)7-6-15-56-28-11-8-22(31(40)32(28)41)17-27-34(52)30(36(54)37(51(27)2)13-4-5-14-37)35(53)33(48)24-10-9-23(38(42,43)44)18-25(24)26-19-29(39(45,46)47)50-20-49-26/h8-11,18-21,27,48,53H,4-7,12-17H2,1-3H3. The van der Waals surface area contributed by atoms with Crippen LogP contribution in [0.4, 0.5) is 35.1 Å². The number of carbonyl (C=O) groups is 2. The fourth-order valence-electron chi connectivity index (χ4n) is 7.33. The molecule has 1 saturated carbocycles. The lowest BCUT2D eigenvalue weighted by Crippen LogP contribution is -2.64. The normalized spacial score (nSPS) is 19.1. The van der Waals surface area contributed by atoms with Gasteiger partial charge in [-0.1, -0.05) is 31.9 Å². The van der Waals surface area contributed by atoms with Crippen LogP contribution < -0.4 is 4.74 Å². The summed E-state index contributed by atoms with van der Waals surface area (Å²) in [5.74, 6) is -5.81. The molecule has 1 aromatic heterocycles. The third-order valence-electron chi connectivity index (χ3n) is 10.5. The number of rotatable bonds is 13. The molecule has 2 unspecified atom stereocenters. The Morgan fingerprint density at radius 2 is 1.68 bits per heavy atom. The van der Waals surface area contributed by atoms with Crippen LogP contribution in [-0.4, -0.2) is 76.2 Å². The molecule has 56 heavy (non-hydrogen) atoms. The van der Waals surface area contributed by atoms with Crippen LogP contribution in [0.1, 0.15) is 74.3 Å². The maximum Gasteiger partial charge on any atom is 0.433 e. The van der Waals surface area contributed by atoms with Crippen LogP contribution in [0.2, 0.25) is 0 Å². The molecule has 0 amide bonds. The van der Waals surface area contributed by atoms with Crippen molar-refractivity contribution < 1.29 is 59.3 Å². The molecule has 17 heteroatoms. The summed E-state index contributed by atoms with van der Waals surface area (Å²) in [5.41, 5.74) is -8.38. The van der Waals surface area contributed by atoms with Crippen molar-refractivity contribution in [1.29, 1.82) is 5.41 Å². The van der Waals surface area contributed by atoms with Crippen molar-refractivity contribution in [2.45, 2.75) is 82.2 Å². The third kappa shape index (κ3) is 8.62. The van der Waals surface area contributed by atoms with Gasteiger partial charge >= 0.3 is 12.4 Å². The second-order valence-electron chi connectivity index (χ2n) is 14.1. The van der Waals surface area contributed by atoms with E-state index in [9.17, 15) is 41.0 Å². The van der Waals surface area contributed by atoms with E-state index in [0.717, 1.165) is 12.8 Å². The topological polar surface area (TPSA) is 126 Å². The molecule has 2 aliphatic rings. The van der Waals surface area contributed by atoms with Crippen LogP contribution in [-0.2, 0) is 33.1 Å². The molecule has 2 heterocycles. The quantitative estimate of drug-likeness (QED) is 0.0441. The summed E-state index contributed by atoms with van der Waals surface area (Å²) in [5, 5.41) is 20.4. The number of halogens is 8. The van der Waals surface area contributed by atoms with Gasteiger partial charge in [0, 0.05) is 24.8 Å². The van der Waals surface area contributed by atoms with E-state index in [4.69, 9.17) is 14.9 Å². The number of allylic oxidation sites excluding steroid dienone is 1. The number of ether oxygens (including phenoxy) is 2. The Labute approximate surface area is 317 Å². The number of aliphatic hydroxyl groups is 1. The van der Waals surface area contributed by atoms with Crippen molar-refractivity contribution in [3.05, 3.63) is 88.1 Å². The Kier molecular flexibility index (Phi) is 12.7. The van der Waals surface area contributed by atoms with Gasteiger partial charge in [-0.3, -0.25) is 19.9 Å². The molecule has 1 spiro atoms. The maximum absolute atomic E-state index is 15.6. The highest BCUT2D eigenvalue weighted by atomic mass is 19.4. The van der Waals surface area contributed by atoms with Crippen LogP contribution in [0.3, 0.4) is 0 Å². The van der Waals surface area contributed by atoms with Gasteiger partial charge in [0.2, 0.25) is 5.82 Å². The van der Waals surface area contributed by atoms with Crippen molar-refractivity contribution in [2.75, 3.05) is 27.4 Å². The van der Waals surface area contributed by atoms with Gasteiger partial charge in [-0.05, 0) is 81.3 Å². The summed E-state index contributed by atoms with van der Waals surface area (Å²) in [7, 11) is 3.07. The zero-order chi connectivity index (χ0) is 41.2. The summed E-state index contributed by atoms with van der Waals surface area (Å²) in [6, 6.07) is 3.10. The Morgan fingerprint density at radius 3 is 2.32 bits per heavy atom. The van der Waals surface area contributed by atoms with Crippen LogP contribution in [0, 0.1) is 23.0 Å². The molecular weight excluding hydrogens is 756 g/mol. The average molecular weight is 797 g/mol. The minimum atomic E-state index is -5.02. The Hall–Kier alpha value is -4.77. The van der Waals surface area contributed by atoms with Gasteiger partial charge in [0.05, 0.1) is 29.4 Å². The number of piperidine rings is 1. The molecule has 2 atom stereocenters. The molecule has 0 radical (unpaired) electrons. The van der Waals surface area contributed by atoms with E-state index in [1.165, 1.54) is 24.1 Å². The van der Waals surface area contributed by atoms with Crippen molar-refractivity contribution in [2.24, 2.45) is 5.92 Å². The minimum Gasteiger partial charge on any atom is -0.505 e. The lowest BCUT2D eigenvalue weighted by Gasteiger charge is -2.46. The summed E-state index contributed by atoms with van der Waals surface area (Å²) in [4.78, 5) is 36.7. The highest BCUT2D eigenvalue weighted by Crippen LogP contribution is 2.44. The van der Waals surface area contributed by atoms with Crippen molar-refractivity contribution in [3.8, 4) is 17.0 Å². The highest BCUT2D eigenvalue weighted by molar-refractivity contribution is 6.31. The molecule has 0 bridgehead atoms. The van der Waals surface area contributed by atoms with Gasteiger partial charge in [0.15, 0.2) is 28.9 Å². The fraction of sp³-hybridized carbons (Fsp3) is 0.462. The number of Topliss-reactive ketones (excluding diaryl/α,β-unsaturated/α-hetero) is 2. The predicted octanol–water partition coefficient (Wildman–Crippen LogP) is 8.48. The average Bonchev–Trinajstić information content (AvgIpc) is 3.66. The van der Waals surface area contributed by atoms with Crippen molar-refractivity contribution in [3.63, 3.8) is 0 Å². The SMILES string of the molecule is COCCC(C)CCCOc1ccc(CC2C(=O)C(=C(O)C(=N)c3ccc(C(F)(F)F)cc3-c3cc(C(F)(F)F)ncn3)C(=O)C3(CCCC3)N2C)c(F)c1F. The molecule has 3 aromatic rings. The molecule has 1 saturated heterocycles. The van der Waals surface area contributed by atoms with Crippen LogP contribution in [0.25, 0.3) is 11.3 Å². The van der Waals surface area contributed by atoms with E-state index in [0.29, 0.717) is 62.4 Å². The Morgan fingerprint density at radius 1 is 0.982 bits per heavy atom. The largest absolute Gasteiger partial charge is 0.505 e. The molecule has 5 rings (SSSR count). The van der Waals surface area contributed by atoms with Crippen LogP contribution >= 0.6 is 0 Å². The monoisotopic (exact) mass is 796 g/mol. The number of carbonyl (C=O) groups excluding carboxylic acids is 2. The highest BCUT2D eigenvalue weighted by Gasteiger charge is 2.56. The number of methoxy groups -OCH3 is 1. The minimum absolute atomic E-state index is 0.113. The molecule has 2 aromatic carbocycles. The number of likely N-dealkylation sites (tertiary alicyclic amines) is 1. The number of likely N-dealkylation sites (N-methyl/N-ethyl adjacent to an activating group) is 1. The number of alkyl halides is 6. The van der Waals surface area contributed by atoms with Gasteiger partial charge in [-0.15, -0.1) is 0 Å². The van der Waals surface area contributed by atoms with Crippen LogP contribution in [0.15, 0.2) is 54.1 Å². The number of aromatic nitrogens is 2. The Balaban J connectivity index is 1.51. The van der Waals surface area contributed by atoms with Gasteiger partial charge in [0.1, 0.15) is 23.3 Å². The van der Waals surface area contributed by atoms with E-state index in [-0.39, 0.29) is 30.8 Å². The first-order valence-electron chi connectivity index (χ1n) is 17.9. The van der Waals surface area contributed by atoms with E-state index < -0.39 is 98.7 Å². The Bertz CT molecular complexity index is 2010. The van der Waals surface area contributed by atoms with Gasteiger partial charge in [-0.2, -0.15) is 30.7 Å². The number of aliphatic hydroxyl groups excluding tert-OH is 1. The van der Waals surface area contributed by atoms with Crippen LogP contribution in [0.5, 0.6) is 5.75 Å². The zero-order valence-corrected chi connectivity index (χ0v) is 30.7. The number of benzene rings is 2. The van der Waals surface area contributed by atoms with Crippen molar-refractivity contribution in [1.82, 2.24) is 14.9 Å². The smallest absolute Gasteiger partial charge is 0.433 e. The maximum atomic E-state index is 15.6. The molecule has 2 N–H and O–H groups in total. The number of hydrogen-bond acceptors (Lipinski definition) is 9. The second kappa shape index (κ2) is 16.8. The van der Waals surface area contributed by atoms with Crippen molar-refractivity contribution >= 4 is 17.3 Å². The zero-order valence-electron chi connectivity index (χ0n) is 30.7. The van der Waals surface area contributed by atoms with Gasteiger partial charge in [-0.25, -0.2) is 14.4 Å². The van der Waals surface area contributed by atoms with E-state index in [2.05, 4.69) is 9.97 Å². The van der Waals surface area contributed by atoms with E-state index >= 15 is 8.78 Å². The number of ketones is 2. The summed E-state index contributed by atoms with van der Waals surface area (Å²) in [6.07, 6.45) is -6.45. The first-order valence-corrected chi connectivity index (χ1v) is 17.9. The molecular formula is C39H40F8N4O5. The predicted molar refractivity (Wildman–Crippen MR) is 187 cm³/mol. The lowest BCUT2D eigenvalue weighted by atomic mass is 9.75. The van der Waals surface area contributed by atoms with E-state index in [1.54, 1.807) is 7.11 Å². The molecule has 1 aliphatic heterocycles. The fourth-order valence-corrected chi connectivity index (χ4v) is 7.33. The number of nitrogens with one attached hydrogen (secondary N) is 1. The lowest BCUT2D eigenvalue weighted by molar-refractivity contribution is -0.141. The summed E-state index contributed by atoms with van der Waals surface area (Å²) >= 11 is 0. The third-order valence-corrected chi connectivity index (χ3v) is 10.5. The van der Waals surface area contributed by atoms with Gasteiger partial charge in [0.25, 0.3) is 0 Å².